The fourth-order valence-corrected chi connectivity index (χ4v) is 3.70. The van der Waals surface area contributed by atoms with Gasteiger partial charge >= 0.3 is 0 Å². The Kier molecular flexibility index (Phi) is 5.67. The van der Waals surface area contributed by atoms with E-state index in [0.717, 1.165) is 11.3 Å². The summed E-state index contributed by atoms with van der Waals surface area (Å²) in [4.78, 5) is 17.2. The molecule has 1 N–H and O–H groups in total. The van der Waals surface area contributed by atoms with Crippen LogP contribution in [0.15, 0.2) is 90.3 Å². The third kappa shape index (κ3) is 4.70. The van der Waals surface area contributed by atoms with Gasteiger partial charge in [0.1, 0.15) is 10.8 Å². The molecule has 0 radical (unpaired) electrons. The van der Waals surface area contributed by atoms with Gasteiger partial charge in [0.15, 0.2) is 0 Å². The summed E-state index contributed by atoms with van der Waals surface area (Å²) < 4.78 is 14.8. The Morgan fingerprint density at radius 1 is 1.03 bits per heavy atom. The highest BCUT2D eigenvalue weighted by Crippen LogP contribution is 2.25. The second-order valence-electron chi connectivity index (χ2n) is 6.23. The zero-order chi connectivity index (χ0) is 20.1. The van der Waals surface area contributed by atoms with Crippen LogP contribution in [0.3, 0.4) is 0 Å². The number of nitrogens with one attached hydrogen (secondary N) is 1. The highest BCUT2D eigenvalue weighted by Gasteiger charge is 2.13. The molecule has 29 heavy (non-hydrogen) atoms. The summed E-state index contributed by atoms with van der Waals surface area (Å²) in [5, 5.41) is 7.75. The standard InChI is InChI=1S/C22H17FN4OS/c23-17-9-7-16(8-10-17)15-29-22-20(6-2-11-24-22)21(28)26-18-4-1-5-19(14-18)27-13-3-12-25-27/h1-14H,15H2,(H,26,28). The number of carbonyl (C=O) groups excluding carboxylic acids is 1. The van der Waals surface area contributed by atoms with E-state index in [2.05, 4.69) is 15.4 Å². The zero-order valence-electron chi connectivity index (χ0n) is 15.3. The van der Waals surface area contributed by atoms with Crippen LogP contribution in [0, 0.1) is 5.82 Å². The second-order valence-corrected chi connectivity index (χ2v) is 7.19. The van der Waals surface area contributed by atoms with Crippen molar-refractivity contribution in [2.75, 3.05) is 5.32 Å². The molecule has 0 aliphatic rings. The lowest BCUT2D eigenvalue weighted by Gasteiger charge is -2.10. The van der Waals surface area contributed by atoms with Crippen LogP contribution in [0.2, 0.25) is 0 Å². The number of hydrogen-bond donors (Lipinski definition) is 1. The van der Waals surface area contributed by atoms with Gasteiger partial charge in [-0.25, -0.2) is 14.1 Å². The van der Waals surface area contributed by atoms with Crippen molar-refractivity contribution in [1.29, 1.82) is 0 Å². The lowest BCUT2D eigenvalue weighted by Crippen LogP contribution is -2.14. The van der Waals surface area contributed by atoms with E-state index in [0.29, 0.717) is 22.0 Å². The van der Waals surface area contributed by atoms with Crippen LogP contribution in [0.5, 0.6) is 0 Å². The van der Waals surface area contributed by atoms with Crippen molar-refractivity contribution >= 4 is 23.4 Å². The average Bonchev–Trinajstić information content (AvgIpc) is 3.29. The van der Waals surface area contributed by atoms with Crippen molar-refractivity contribution in [3.05, 3.63) is 102 Å². The molecule has 4 aromatic rings. The molecule has 144 valence electrons. The number of amides is 1. The SMILES string of the molecule is O=C(Nc1cccc(-n2cccn2)c1)c1cccnc1SCc1ccc(F)cc1. The van der Waals surface area contributed by atoms with Gasteiger partial charge in [-0.15, -0.1) is 11.8 Å². The molecule has 0 aliphatic heterocycles. The Hall–Kier alpha value is -3.45. The molecular weight excluding hydrogens is 387 g/mol. The molecule has 5 nitrogen and oxygen atoms in total. The van der Waals surface area contributed by atoms with Crippen LogP contribution in [0.1, 0.15) is 15.9 Å². The Morgan fingerprint density at radius 3 is 2.69 bits per heavy atom. The van der Waals surface area contributed by atoms with Gasteiger partial charge in [-0.2, -0.15) is 5.10 Å². The lowest BCUT2D eigenvalue weighted by molar-refractivity contribution is 0.102. The van der Waals surface area contributed by atoms with E-state index in [-0.39, 0.29) is 11.7 Å². The Balaban J connectivity index is 1.49. The number of pyridine rings is 1. The molecule has 2 aromatic carbocycles. The first-order valence-electron chi connectivity index (χ1n) is 8.93. The fourth-order valence-electron chi connectivity index (χ4n) is 2.76. The molecule has 7 heteroatoms. The molecule has 0 aliphatic carbocycles. The van der Waals surface area contributed by atoms with E-state index in [1.807, 2.05) is 36.5 Å². The van der Waals surface area contributed by atoms with Gasteiger partial charge in [0.25, 0.3) is 5.91 Å². The van der Waals surface area contributed by atoms with Gasteiger partial charge in [-0.1, -0.05) is 18.2 Å². The normalized spacial score (nSPS) is 10.7. The van der Waals surface area contributed by atoms with Gasteiger partial charge in [0.2, 0.25) is 0 Å². The predicted octanol–water partition coefficient (Wildman–Crippen LogP) is 4.95. The Bertz CT molecular complexity index is 1110. The first kappa shape index (κ1) is 18.9. The second kappa shape index (κ2) is 8.70. The summed E-state index contributed by atoms with van der Waals surface area (Å²) >= 11 is 1.44. The Morgan fingerprint density at radius 2 is 1.90 bits per heavy atom. The van der Waals surface area contributed by atoms with Gasteiger partial charge in [-0.3, -0.25) is 4.79 Å². The number of anilines is 1. The number of rotatable bonds is 6. The van der Waals surface area contributed by atoms with Gasteiger partial charge in [0, 0.05) is 30.0 Å². The largest absolute Gasteiger partial charge is 0.322 e. The molecule has 0 bridgehead atoms. The molecule has 4 rings (SSSR count). The van der Waals surface area contributed by atoms with Crippen LogP contribution in [-0.2, 0) is 5.75 Å². The summed E-state index contributed by atoms with van der Waals surface area (Å²) in [6.45, 7) is 0. The van der Waals surface area contributed by atoms with Crippen molar-refractivity contribution in [2.45, 2.75) is 10.8 Å². The molecule has 2 aromatic heterocycles. The summed E-state index contributed by atoms with van der Waals surface area (Å²) in [5.74, 6) is 0.0816. The number of thioether (sulfide) groups is 1. The van der Waals surface area contributed by atoms with E-state index in [4.69, 9.17) is 0 Å². The van der Waals surface area contributed by atoms with Crippen molar-refractivity contribution < 1.29 is 9.18 Å². The van der Waals surface area contributed by atoms with Crippen molar-refractivity contribution in [3.8, 4) is 5.69 Å². The summed E-state index contributed by atoms with van der Waals surface area (Å²) in [5.41, 5.74) is 2.97. The molecule has 0 unspecified atom stereocenters. The van der Waals surface area contributed by atoms with E-state index >= 15 is 0 Å². The molecular formula is C22H17FN4OS. The number of nitrogens with zero attached hydrogens (tertiary/aromatic N) is 3. The van der Waals surface area contributed by atoms with Crippen LogP contribution in [0.4, 0.5) is 10.1 Å². The minimum Gasteiger partial charge on any atom is -0.322 e. The fraction of sp³-hybridized carbons (Fsp3) is 0.0455. The maximum Gasteiger partial charge on any atom is 0.258 e. The van der Waals surface area contributed by atoms with E-state index in [1.54, 1.807) is 41.3 Å². The molecule has 0 fully saturated rings. The molecule has 1 amide bonds. The number of halogens is 1. The molecule has 2 heterocycles. The lowest BCUT2D eigenvalue weighted by atomic mass is 10.2. The molecule has 0 spiro atoms. The van der Waals surface area contributed by atoms with Crippen LogP contribution >= 0.6 is 11.8 Å². The Labute approximate surface area is 171 Å². The van der Waals surface area contributed by atoms with Crippen LogP contribution < -0.4 is 5.32 Å². The highest BCUT2D eigenvalue weighted by atomic mass is 32.2. The monoisotopic (exact) mass is 404 g/mol. The van der Waals surface area contributed by atoms with Gasteiger partial charge < -0.3 is 5.32 Å². The minimum absolute atomic E-state index is 0.239. The number of aromatic nitrogens is 3. The first-order valence-corrected chi connectivity index (χ1v) is 9.91. The number of carbonyl (C=O) groups is 1. The van der Waals surface area contributed by atoms with Crippen molar-refractivity contribution in [2.24, 2.45) is 0 Å². The molecule has 0 saturated heterocycles. The minimum atomic E-state index is -0.269. The number of benzene rings is 2. The number of hydrogen-bond acceptors (Lipinski definition) is 4. The van der Waals surface area contributed by atoms with Crippen LogP contribution in [-0.4, -0.2) is 20.7 Å². The summed E-state index contributed by atoms with van der Waals surface area (Å²) in [6, 6.07) is 19.1. The third-order valence-electron chi connectivity index (χ3n) is 4.18. The summed E-state index contributed by atoms with van der Waals surface area (Å²) in [6.07, 6.45) is 5.19. The maximum absolute atomic E-state index is 13.1. The third-order valence-corrected chi connectivity index (χ3v) is 5.25. The molecule has 0 atom stereocenters. The smallest absolute Gasteiger partial charge is 0.258 e. The van der Waals surface area contributed by atoms with Crippen molar-refractivity contribution in [1.82, 2.24) is 14.8 Å². The van der Waals surface area contributed by atoms with E-state index in [9.17, 15) is 9.18 Å². The zero-order valence-corrected chi connectivity index (χ0v) is 16.1. The maximum atomic E-state index is 13.1. The van der Waals surface area contributed by atoms with Crippen LogP contribution in [0.25, 0.3) is 5.69 Å². The topological polar surface area (TPSA) is 59.8 Å². The van der Waals surface area contributed by atoms with Crippen molar-refractivity contribution in [3.63, 3.8) is 0 Å². The quantitative estimate of drug-likeness (QED) is 0.462. The predicted molar refractivity (Wildman–Crippen MR) is 112 cm³/mol. The highest BCUT2D eigenvalue weighted by molar-refractivity contribution is 7.98. The first-order chi connectivity index (χ1) is 14.2. The molecule has 0 saturated carbocycles. The van der Waals surface area contributed by atoms with Gasteiger partial charge in [0.05, 0.1) is 11.3 Å². The van der Waals surface area contributed by atoms with E-state index in [1.165, 1.54) is 23.9 Å². The average molecular weight is 404 g/mol. The van der Waals surface area contributed by atoms with Gasteiger partial charge in [-0.05, 0) is 54.1 Å². The van der Waals surface area contributed by atoms with E-state index < -0.39 is 0 Å². The summed E-state index contributed by atoms with van der Waals surface area (Å²) in [7, 11) is 0.